The highest BCUT2D eigenvalue weighted by molar-refractivity contribution is 6.35. The van der Waals surface area contributed by atoms with Crippen molar-refractivity contribution in [2.24, 2.45) is 0 Å². The van der Waals surface area contributed by atoms with Gasteiger partial charge in [0.05, 0.1) is 33.2 Å². The molecule has 2 aromatic heterocycles. The largest absolute Gasteiger partial charge is 0.573 e. The number of carbonyl (C=O) groups excluding carboxylic acids is 3. The quantitative estimate of drug-likeness (QED) is 0.101. The minimum absolute atomic E-state index is 0.00468. The SMILES string of the molecule is CC[C@](C)(NC(=O)C(CCC(=O)O)NC(=O)c1cnc2n1[C@](C)(Cc1ccc(OC(F)(F)F)cc1)C(=O)N2c1cc(Cl)c(F)c(Cl)c1)c1ccccn1. The summed E-state index contributed by atoms with van der Waals surface area (Å²) in [6.07, 6.45) is -2.86. The molecule has 0 saturated heterocycles. The number of anilines is 2. The Bertz CT molecular complexity index is 2030. The molecule has 1 unspecified atom stereocenters. The van der Waals surface area contributed by atoms with E-state index in [1.807, 2.05) is 6.92 Å². The maximum atomic E-state index is 14.4. The van der Waals surface area contributed by atoms with E-state index < -0.39 is 75.2 Å². The van der Waals surface area contributed by atoms with Gasteiger partial charge in [0, 0.05) is 19.0 Å². The number of ether oxygens (including phenoxy) is 1. The summed E-state index contributed by atoms with van der Waals surface area (Å²) in [5.41, 5.74) is -2.06. The summed E-state index contributed by atoms with van der Waals surface area (Å²) in [4.78, 5) is 63.5. The molecule has 3 amide bonds. The van der Waals surface area contributed by atoms with E-state index in [1.165, 1.54) is 23.6 Å². The summed E-state index contributed by atoms with van der Waals surface area (Å²) < 4.78 is 58.0. The number of fused-ring (bicyclic) bond motifs is 1. The number of aliphatic carboxylic acids is 1. The van der Waals surface area contributed by atoms with E-state index in [4.69, 9.17) is 23.2 Å². The van der Waals surface area contributed by atoms with Crippen molar-refractivity contribution in [2.75, 3.05) is 4.90 Å². The second kappa shape index (κ2) is 15.0. The van der Waals surface area contributed by atoms with Gasteiger partial charge in [-0.15, -0.1) is 13.2 Å². The van der Waals surface area contributed by atoms with Crippen molar-refractivity contribution in [1.82, 2.24) is 25.2 Å². The number of carboxylic acids is 1. The minimum atomic E-state index is -4.94. The minimum Gasteiger partial charge on any atom is -0.481 e. The number of aromatic nitrogens is 3. The van der Waals surface area contributed by atoms with Gasteiger partial charge in [-0.25, -0.2) is 14.3 Å². The Morgan fingerprint density at radius 1 is 1.06 bits per heavy atom. The second-order valence-electron chi connectivity index (χ2n) is 12.6. The van der Waals surface area contributed by atoms with Crippen molar-refractivity contribution in [3.05, 3.63) is 99.8 Å². The number of alkyl halides is 3. The fraction of sp³-hybridized carbons (Fsp3) is 0.314. The van der Waals surface area contributed by atoms with Gasteiger partial charge in [0.25, 0.3) is 11.8 Å². The highest BCUT2D eigenvalue weighted by atomic mass is 35.5. The maximum absolute atomic E-state index is 14.4. The number of hydrogen-bond acceptors (Lipinski definition) is 7. The number of imidazole rings is 1. The average molecular weight is 780 g/mol. The number of rotatable bonds is 13. The van der Waals surface area contributed by atoms with Crippen LogP contribution in [-0.2, 0) is 31.9 Å². The molecule has 0 spiro atoms. The van der Waals surface area contributed by atoms with E-state index in [-0.39, 0.29) is 30.2 Å². The topological polar surface area (TPSA) is 156 Å². The zero-order valence-electron chi connectivity index (χ0n) is 28.3. The van der Waals surface area contributed by atoms with Gasteiger partial charge >= 0.3 is 12.3 Å². The summed E-state index contributed by atoms with van der Waals surface area (Å²) in [7, 11) is 0. The Balaban J connectivity index is 1.54. The lowest BCUT2D eigenvalue weighted by Crippen LogP contribution is -2.53. The van der Waals surface area contributed by atoms with Crippen LogP contribution >= 0.6 is 23.2 Å². The number of carboxylic acid groups (broad SMARTS) is 1. The first kappa shape index (κ1) is 39.0. The number of halogens is 6. The summed E-state index contributed by atoms with van der Waals surface area (Å²) in [6.45, 7) is 5.00. The maximum Gasteiger partial charge on any atom is 0.573 e. The number of benzene rings is 2. The Labute approximate surface area is 310 Å². The van der Waals surface area contributed by atoms with Crippen molar-refractivity contribution in [2.45, 2.75) is 69.9 Å². The Kier molecular flexibility index (Phi) is 11.1. The molecule has 5 rings (SSSR count). The standard InChI is InChI=1S/C35H32Cl2F4N6O6/c1-4-33(2,26-7-5-6-14-42-26)45-29(50)24(12-13-27(48)49)44-30(51)25-18-43-32-46(20-15-22(36)28(38)23(37)16-20)31(52)34(3,47(25)32)17-19-8-10-21(11-9-19)53-35(39,40)41/h5-11,14-16,18,24H,4,12-13,17H2,1-3H3,(H,44,51)(H,45,50)(H,48,49)/t24?,33-,34+/m0/s1. The van der Waals surface area contributed by atoms with Crippen LogP contribution in [0.4, 0.5) is 29.2 Å². The number of amides is 3. The zero-order valence-corrected chi connectivity index (χ0v) is 29.8. The smallest absolute Gasteiger partial charge is 0.481 e. The predicted molar refractivity (Wildman–Crippen MR) is 184 cm³/mol. The van der Waals surface area contributed by atoms with Crippen LogP contribution in [0.1, 0.15) is 61.8 Å². The van der Waals surface area contributed by atoms with Crippen LogP contribution in [0.15, 0.2) is 67.0 Å². The van der Waals surface area contributed by atoms with Crippen molar-refractivity contribution in [3.63, 3.8) is 0 Å². The van der Waals surface area contributed by atoms with Gasteiger partial charge in [0.15, 0.2) is 5.82 Å². The molecule has 18 heteroatoms. The molecule has 0 saturated carbocycles. The molecule has 0 radical (unpaired) electrons. The van der Waals surface area contributed by atoms with Gasteiger partial charge in [-0.05, 0) is 68.7 Å². The van der Waals surface area contributed by atoms with E-state index in [0.29, 0.717) is 17.7 Å². The molecule has 3 heterocycles. The van der Waals surface area contributed by atoms with Crippen LogP contribution in [0.25, 0.3) is 0 Å². The van der Waals surface area contributed by atoms with E-state index >= 15 is 0 Å². The van der Waals surface area contributed by atoms with Gasteiger partial charge in [-0.2, -0.15) is 0 Å². The van der Waals surface area contributed by atoms with Crippen LogP contribution in [0, 0.1) is 5.82 Å². The molecule has 0 fully saturated rings. The molecule has 1 aliphatic heterocycles. The molecular weight excluding hydrogens is 747 g/mol. The van der Waals surface area contributed by atoms with Gasteiger partial charge in [-0.1, -0.05) is 48.3 Å². The van der Waals surface area contributed by atoms with Gasteiger partial charge in [0.2, 0.25) is 11.9 Å². The van der Waals surface area contributed by atoms with Crippen LogP contribution in [0.2, 0.25) is 10.0 Å². The Morgan fingerprint density at radius 3 is 2.28 bits per heavy atom. The Morgan fingerprint density at radius 2 is 1.72 bits per heavy atom. The number of pyridine rings is 1. The van der Waals surface area contributed by atoms with E-state index in [2.05, 4.69) is 25.3 Å². The second-order valence-corrected chi connectivity index (χ2v) is 13.4. The van der Waals surface area contributed by atoms with Crippen LogP contribution < -0.4 is 20.3 Å². The summed E-state index contributed by atoms with van der Waals surface area (Å²) in [5.74, 6) is -5.09. The molecule has 0 aliphatic carbocycles. The first-order chi connectivity index (χ1) is 24.9. The molecule has 1 aliphatic rings. The summed E-state index contributed by atoms with van der Waals surface area (Å²) in [6, 6.07) is 10.8. The molecule has 0 bridgehead atoms. The van der Waals surface area contributed by atoms with Crippen LogP contribution in [0.3, 0.4) is 0 Å². The van der Waals surface area contributed by atoms with Crippen molar-refractivity contribution >= 4 is 58.5 Å². The molecule has 2 aromatic carbocycles. The van der Waals surface area contributed by atoms with Crippen molar-refractivity contribution in [3.8, 4) is 5.75 Å². The number of hydrogen-bond donors (Lipinski definition) is 3. The monoisotopic (exact) mass is 778 g/mol. The fourth-order valence-corrected chi connectivity index (χ4v) is 6.47. The lowest BCUT2D eigenvalue weighted by Gasteiger charge is -2.31. The van der Waals surface area contributed by atoms with Crippen LogP contribution in [0.5, 0.6) is 5.75 Å². The molecule has 3 N–H and O–H groups in total. The third-order valence-electron chi connectivity index (χ3n) is 8.87. The van der Waals surface area contributed by atoms with Gasteiger partial charge in [0.1, 0.15) is 23.0 Å². The number of carbonyl (C=O) groups is 4. The molecule has 53 heavy (non-hydrogen) atoms. The van der Waals surface area contributed by atoms with Gasteiger partial charge in [-0.3, -0.25) is 28.7 Å². The van der Waals surface area contributed by atoms with Gasteiger partial charge < -0.3 is 20.5 Å². The third-order valence-corrected chi connectivity index (χ3v) is 9.42. The lowest BCUT2D eigenvalue weighted by molar-refractivity contribution is -0.274. The molecule has 3 atom stereocenters. The summed E-state index contributed by atoms with van der Waals surface area (Å²) >= 11 is 12.1. The Hall–Kier alpha value is -5.22. The zero-order chi connectivity index (χ0) is 38.9. The molecular formula is C35H32Cl2F4N6O6. The highest BCUT2D eigenvalue weighted by Gasteiger charge is 2.51. The third kappa shape index (κ3) is 8.23. The van der Waals surface area contributed by atoms with E-state index in [0.717, 1.165) is 35.4 Å². The van der Waals surface area contributed by atoms with Crippen LogP contribution in [-0.4, -0.2) is 55.7 Å². The normalized spacial score (nSPS) is 17.2. The van der Waals surface area contributed by atoms with E-state index in [9.17, 15) is 41.8 Å². The molecule has 4 aromatic rings. The van der Waals surface area contributed by atoms with E-state index in [1.54, 1.807) is 31.3 Å². The molecule has 12 nitrogen and oxygen atoms in total. The van der Waals surface area contributed by atoms with Crippen molar-refractivity contribution < 1.29 is 46.6 Å². The summed E-state index contributed by atoms with van der Waals surface area (Å²) in [5, 5.41) is 14.1. The molecule has 280 valence electrons. The predicted octanol–water partition coefficient (Wildman–Crippen LogP) is 6.66. The lowest BCUT2D eigenvalue weighted by atomic mass is 9.91. The number of nitrogens with zero attached hydrogens (tertiary/aromatic N) is 4. The fourth-order valence-electron chi connectivity index (χ4n) is 5.99. The first-order valence-corrected chi connectivity index (χ1v) is 16.8. The number of nitrogens with one attached hydrogen (secondary N) is 2. The average Bonchev–Trinajstić information content (AvgIpc) is 3.62. The van der Waals surface area contributed by atoms with Crippen molar-refractivity contribution in [1.29, 1.82) is 0 Å². The highest BCUT2D eigenvalue weighted by Crippen LogP contribution is 2.44. The first-order valence-electron chi connectivity index (χ1n) is 16.0.